The minimum atomic E-state index is 0.372. The van der Waals surface area contributed by atoms with Gasteiger partial charge in [-0.3, -0.25) is 9.97 Å². The number of aromatic nitrogens is 2. The summed E-state index contributed by atoms with van der Waals surface area (Å²) in [6, 6.07) is 20.2. The number of benzene rings is 2. The highest BCUT2D eigenvalue weighted by Crippen LogP contribution is 2.29. The number of pyridine rings is 2. The van der Waals surface area contributed by atoms with Gasteiger partial charge in [-0.1, -0.05) is 259 Å². The van der Waals surface area contributed by atoms with Crippen LogP contribution in [-0.2, 0) is 13.2 Å². The zero-order valence-corrected chi connectivity index (χ0v) is 51.8. The van der Waals surface area contributed by atoms with E-state index in [1.807, 2.05) is 24.3 Å². The molecule has 0 aliphatic rings. The van der Waals surface area contributed by atoms with Crippen LogP contribution in [-0.4, -0.2) is 36.4 Å². The molecule has 8 nitrogen and oxygen atoms in total. The van der Waals surface area contributed by atoms with Crippen LogP contribution in [0.25, 0.3) is 11.4 Å². The third kappa shape index (κ3) is 34.7. The lowest BCUT2D eigenvalue weighted by Gasteiger charge is -2.14. The van der Waals surface area contributed by atoms with E-state index < -0.39 is 0 Å². The van der Waals surface area contributed by atoms with Crippen LogP contribution in [0.2, 0.25) is 0 Å². The van der Waals surface area contributed by atoms with Crippen LogP contribution in [0.5, 0.6) is 34.5 Å². The Morgan fingerprint density at radius 2 is 0.463 bits per heavy atom. The summed E-state index contributed by atoms with van der Waals surface area (Å²) in [6.07, 6.45) is 55.7. The number of rotatable bonds is 55. The van der Waals surface area contributed by atoms with Gasteiger partial charge in [-0.05, 0) is 73.2 Å². The molecule has 0 atom stereocenters. The molecule has 0 aliphatic heterocycles. The maximum absolute atomic E-state index is 6.45. The minimum absolute atomic E-state index is 0.372. The Labute approximate surface area is 490 Å². The number of nitrogens with zero attached hydrogens (tertiary/aromatic N) is 2. The first-order valence-corrected chi connectivity index (χ1v) is 33.6. The summed E-state index contributed by atoms with van der Waals surface area (Å²) in [6.45, 7) is 12.7. The van der Waals surface area contributed by atoms with Gasteiger partial charge < -0.3 is 28.4 Å². The van der Waals surface area contributed by atoms with Gasteiger partial charge in [0.25, 0.3) is 0 Å². The second kappa shape index (κ2) is 48.1. The Hall–Kier alpha value is -4.46. The van der Waals surface area contributed by atoms with Crippen LogP contribution in [0.4, 0.5) is 0 Å². The van der Waals surface area contributed by atoms with Gasteiger partial charge in [0, 0.05) is 36.7 Å². The van der Waals surface area contributed by atoms with E-state index in [1.165, 1.54) is 231 Å². The average Bonchev–Trinajstić information content (AvgIpc) is 3.48. The van der Waals surface area contributed by atoms with E-state index in [9.17, 15) is 0 Å². The van der Waals surface area contributed by atoms with Crippen molar-refractivity contribution < 1.29 is 28.4 Å². The van der Waals surface area contributed by atoms with Crippen LogP contribution in [0.1, 0.15) is 296 Å². The molecule has 4 aromatic rings. The Kier molecular flexibility index (Phi) is 40.9. The summed E-state index contributed by atoms with van der Waals surface area (Å²) < 4.78 is 38.4. The maximum Gasteiger partial charge on any atom is 0.123 e. The molecule has 0 amide bonds. The van der Waals surface area contributed by atoms with E-state index in [-0.39, 0.29) is 0 Å². The van der Waals surface area contributed by atoms with E-state index in [2.05, 4.69) is 64.1 Å². The fourth-order valence-corrected chi connectivity index (χ4v) is 10.5. The highest BCUT2D eigenvalue weighted by atomic mass is 16.5. The molecular formula is C72H116N2O6. The average molecular weight is 1110 g/mol. The predicted molar refractivity (Wildman–Crippen MR) is 338 cm³/mol. The summed E-state index contributed by atoms with van der Waals surface area (Å²) in [5.41, 5.74) is 3.45. The Morgan fingerprint density at radius 1 is 0.237 bits per heavy atom. The molecule has 0 bridgehead atoms. The summed E-state index contributed by atoms with van der Waals surface area (Å²) in [4.78, 5) is 9.41. The van der Waals surface area contributed by atoms with Crippen LogP contribution in [0.3, 0.4) is 0 Å². The van der Waals surface area contributed by atoms with Crippen LogP contribution >= 0.6 is 0 Å². The first-order chi connectivity index (χ1) is 39.6. The largest absolute Gasteiger partial charge is 0.493 e. The second-order valence-electron chi connectivity index (χ2n) is 23.1. The zero-order chi connectivity index (χ0) is 56.4. The lowest BCUT2D eigenvalue weighted by Crippen LogP contribution is -2.03. The molecule has 0 saturated heterocycles. The van der Waals surface area contributed by atoms with Gasteiger partial charge in [0.2, 0.25) is 0 Å². The second-order valence-corrected chi connectivity index (χ2v) is 23.1. The fourth-order valence-electron chi connectivity index (χ4n) is 10.5. The van der Waals surface area contributed by atoms with Crippen molar-refractivity contribution in [1.29, 1.82) is 0 Å². The van der Waals surface area contributed by atoms with Gasteiger partial charge >= 0.3 is 0 Å². The highest BCUT2D eigenvalue weighted by molar-refractivity contribution is 5.58. The van der Waals surface area contributed by atoms with Gasteiger partial charge in [-0.2, -0.15) is 0 Å². The summed E-state index contributed by atoms with van der Waals surface area (Å²) in [5, 5.41) is 0. The Bertz CT molecular complexity index is 1820. The van der Waals surface area contributed by atoms with E-state index in [1.54, 1.807) is 12.4 Å². The molecule has 0 radical (unpaired) electrons. The number of ether oxygens (including phenoxy) is 6. The monoisotopic (exact) mass is 1100 g/mol. The molecule has 0 fully saturated rings. The predicted octanol–water partition coefficient (Wildman–Crippen LogP) is 22.5. The smallest absolute Gasteiger partial charge is 0.123 e. The maximum atomic E-state index is 6.45. The van der Waals surface area contributed by atoms with Crippen molar-refractivity contribution in [1.82, 2.24) is 9.97 Å². The van der Waals surface area contributed by atoms with Gasteiger partial charge in [-0.25, -0.2) is 0 Å². The lowest BCUT2D eigenvalue weighted by molar-refractivity contribution is 0.281. The first-order valence-electron chi connectivity index (χ1n) is 33.6. The highest BCUT2D eigenvalue weighted by Gasteiger charge is 2.11. The van der Waals surface area contributed by atoms with E-state index in [0.717, 1.165) is 59.8 Å². The van der Waals surface area contributed by atoms with Crippen LogP contribution < -0.4 is 28.4 Å². The lowest BCUT2D eigenvalue weighted by atomic mass is 10.1. The molecule has 0 aliphatic carbocycles. The third-order valence-electron chi connectivity index (χ3n) is 15.5. The van der Waals surface area contributed by atoms with Gasteiger partial charge in [0.1, 0.15) is 47.7 Å². The standard InChI is InChI=1S/C72H116N2O6/c1-5-9-13-17-21-25-29-33-37-41-49-75-67-53-63(54-68(57-67)76-50-42-38-34-30-26-22-18-14-10-6-2)61-79-65-45-47-73-71(59-65)72-60-66(46-48-74-72)80-62-64-55-69(77-51-43-39-35-31-27-23-19-15-11-7-3)58-70(56-64)78-52-44-40-36-32-28-24-20-16-12-8-4/h45-48,53-60H,5-44,49-52,61-62H2,1-4H3. The van der Waals surface area contributed by atoms with Crippen molar-refractivity contribution in [3.8, 4) is 45.9 Å². The molecule has 2 aromatic heterocycles. The molecule has 0 saturated carbocycles. The molecule has 450 valence electrons. The van der Waals surface area contributed by atoms with Gasteiger partial charge in [0.05, 0.1) is 37.8 Å². The van der Waals surface area contributed by atoms with Crippen molar-refractivity contribution >= 4 is 0 Å². The van der Waals surface area contributed by atoms with E-state index in [4.69, 9.17) is 38.4 Å². The molecule has 2 heterocycles. The first kappa shape index (κ1) is 68.0. The van der Waals surface area contributed by atoms with Crippen molar-refractivity contribution in [3.63, 3.8) is 0 Å². The molecule has 0 N–H and O–H groups in total. The third-order valence-corrected chi connectivity index (χ3v) is 15.5. The molecular weight excluding hydrogens is 989 g/mol. The zero-order valence-electron chi connectivity index (χ0n) is 51.8. The van der Waals surface area contributed by atoms with Gasteiger partial charge in [0.15, 0.2) is 0 Å². The normalized spacial score (nSPS) is 11.3. The van der Waals surface area contributed by atoms with Crippen molar-refractivity contribution in [2.45, 2.75) is 298 Å². The Morgan fingerprint density at radius 3 is 0.700 bits per heavy atom. The molecule has 4 rings (SSSR count). The van der Waals surface area contributed by atoms with Crippen molar-refractivity contribution in [2.24, 2.45) is 0 Å². The Balaban J connectivity index is 1.31. The van der Waals surface area contributed by atoms with Crippen molar-refractivity contribution in [3.05, 3.63) is 84.2 Å². The molecule has 0 spiro atoms. The van der Waals surface area contributed by atoms with Crippen LogP contribution in [0.15, 0.2) is 73.1 Å². The summed E-state index contributed by atoms with van der Waals surface area (Å²) in [7, 11) is 0. The van der Waals surface area contributed by atoms with E-state index >= 15 is 0 Å². The minimum Gasteiger partial charge on any atom is -0.493 e. The van der Waals surface area contributed by atoms with Crippen LogP contribution in [0, 0.1) is 0 Å². The quantitative estimate of drug-likeness (QED) is 0.0405. The molecule has 80 heavy (non-hydrogen) atoms. The number of unbranched alkanes of at least 4 members (excludes halogenated alkanes) is 36. The molecule has 2 aromatic carbocycles. The van der Waals surface area contributed by atoms with E-state index in [0.29, 0.717) is 62.5 Å². The topological polar surface area (TPSA) is 81.2 Å². The van der Waals surface area contributed by atoms with Gasteiger partial charge in [-0.15, -0.1) is 0 Å². The summed E-state index contributed by atoms with van der Waals surface area (Å²) in [5.74, 6) is 4.79. The molecule has 8 heteroatoms. The summed E-state index contributed by atoms with van der Waals surface area (Å²) >= 11 is 0. The van der Waals surface area contributed by atoms with Crippen molar-refractivity contribution in [2.75, 3.05) is 26.4 Å². The number of hydrogen-bond donors (Lipinski definition) is 0. The molecule has 0 unspecified atom stereocenters. The fraction of sp³-hybridized carbons (Fsp3) is 0.694. The number of hydrogen-bond acceptors (Lipinski definition) is 8. The SMILES string of the molecule is CCCCCCCCCCCCOc1cc(COc2ccnc(-c3cc(OCc4cc(OCCCCCCCCCCCC)cc(OCCCCCCCCCCCC)c4)ccn3)c2)cc(OCCCCCCCCCCCC)c1.